The van der Waals surface area contributed by atoms with Crippen LogP contribution in [0.15, 0.2) is 66.9 Å². The topological polar surface area (TPSA) is 84.2 Å². The van der Waals surface area contributed by atoms with Crippen LogP contribution in [0.2, 0.25) is 0 Å². The number of thioether (sulfide) groups is 1. The Balaban J connectivity index is 1.40. The molecule has 2 aromatic carbocycles. The molecule has 7 heteroatoms. The van der Waals surface area contributed by atoms with Crippen LogP contribution in [-0.4, -0.2) is 23.8 Å². The second-order valence-electron chi connectivity index (χ2n) is 6.36. The minimum absolute atomic E-state index is 0.0367. The van der Waals surface area contributed by atoms with Crippen LogP contribution in [-0.2, 0) is 17.1 Å². The molecule has 0 saturated carbocycles. The van der Waals surface area contributed by atoms with Gasteiger partial charge in [-0.2, -0.15) is 5.26 Å². The van der Waals surface area contributed by atoms with Gasteiger partial charge in [-0.25, -0.2) is 4.98 Å². The van der Waals surface area contributed by atoms with E-state index in [1.807, 2.05) is 36.4 Å². The number of ether oxygens (including phenoxy) is 2. The highest BCUT2D eigenvalue weighted by atomic mass is 32.2. The zero-order chi connectivity index (χ0) is 21.2. The van der Waals surface area contributed by atoms with Crippen molar-refractivity contribution < 1.29 is 14.3 Å². The molecule has 6 nitrogen and oxygen atoms in total. The van der Waals surface area contributed by atoms with Crippen LogP contribution in [0, 0.1) is 11.3 Å². The van der Waals surface area contributed by atoms with Gasteiger partial charge < -0.3 is 14.8 Å². The van der Waals surface area contributed by atoms with E-state index in [-0.39, 0.29) is 5.91 Å². The van der Waals surface area contributed by atoms with Crippen molar-refractivity contribution in [3.05, 3.63) is 83.6 Å². The summed E-state index contributed by atoms with van der Waals surface area (Å²) >= 11 is 1.53. The number of benzene rings is 2. The van der Waals surface area contributed by atoms with Crippen LogP contribution in [0.25, 0.3) is 0 Å². The first kappa shape index (κ1) is 21.2. The summed E-state index contributed by atoms with van der Waals surface area (Å²) in [6, 6.07) is 20.4. The Morgan fingerprint density at radius 3 is 2.57 bits per heavy atom. The second kappa shape index (κ2) is 10.9. The average Bonchev–Trinajstić information content (AvgIpc) is 2.79. The van der Waals surface area contributed by atoms with Gasteiger partial charge in [0.1, 0.15) is 11.5 Å². The van der Waals surface area contributed by atoms with Crippen molar-refractivity contribution in [3.63, 3.8) is 0 Å². The fourth-order valence-corrected chi connectivity index (χ4v) is 3.37. The van der Waals surface area contributed by atoms with E-state index in [0.29, 0.717) is 35.2 Å². The van der Waals surface area contributed by atoms with Crippen molar-refractivity contribution in [1.82, 2.24) is 10.3 Å². The summed E-state index contributed by atoms with van der Waals surface area (Å²) in [6.07, 6.45) is 1.68. The Kier molecular flexibility index (Phi) is 7.70. The van der Waals surface area contributed by atoms with Crippen molar-refractivity contribution in [2.24, 2.45) is 0 Å². The van der Waals surface area contributed by atoms with Crippen LogP contribution < -0.4 is 14.8 Å². The molecule has 1 N–H and O–H groups in total. The quantitative estimate of drug-likeness (QED) is 0.557. The molecule has 0 radical (unpaired) electrons. The van der Waals surface area contributed by atoms with E-state index in [1.54, 1.807) is 37.6 Å². The standard InChI is InChI=1S/C23H21N3O3S/c1-28-20-3-2-4-21(11-20)29-23-10-9-19(14-26-23)13-25-22(27)16-30-15-18-7-5-17(12-24)6-8-18/h2-11,14H,13,15-16H2,1H3,(H,25,27). The zero-order valence-electron chi connectivity index (χ0n) is 16.5. The molecule has 0 aliphatic heterocycles. The van der Waals surface area contributed by atoms with E-state index in [4.69, 9.17) is 14.7 Å². The lowest BCUT2D eigenvalue weighted by molar-refractivity contribution is -0.118. The number of pyridine rings is 1. The highest BCUT2D eigenvalue weighted by Gasteiger charge is 2.05. The monoisotopic (exact) mass is 419 g/mol. The molecule has 1 heterocycles. The third-order valence-corrected chi connectivity index (χ3v) is 5.14. The SMILES string of the molecule is COc1cccc(Oc2ccc(CNC(=O)CSCc3ccc(C#N)cc3)cn2)c1. The third kappa shape index (κ3) is 6.54. The molecule has 0 aliphatic rings. The maximum absolute atomic E-state index is 12.0. The first-order valence-electron chi connectivity index (χ1n) is 9.26. The maximum atomic E-state index is 12.0. The molecule has 30 heavy (non-hydrogen) atoms. The van der Waals surface area contributed by atoms with Crippen molar-refractivity contribution in [1.29, 1.82) is 5.26 Å². The van der Waals surface area contributed by atoms with Crippen molar-refractivity contribution in [2.75, 3.05) is 12.9 Å². The van der Waals surface area contributed by atoms with E-state index >= 15 is 0 Å². The number of rotatable bonds is 9. The highest BCUT2D eigenvalue weighted by molar-refractivity contribution is 7.99. The summed E-state index contributed by atoms with van der Waals surface area (Å²) in [5, 5.41) is 11.7. The molecule has 0 spiro atoms. The Morgan fingerprint density at radius 1 is 1.10 bits per heavy atom. The minimum atomic E-state index is -0.0367. The molecule has 0 fully saturated rings. The molecular weight excluding hydrogens is 398 g/mol. The van der Waals surface area contributed by atoms with Gasteiger partial charge >= 0.3 is 0 Å². The summed E-state index contributed by atoms with van der Waals surface area (Å²) < 4.78 is 10.9. The highest BCUT2D eigenvalue weighted by Crippen LogP contribution is 2.23. The molecule has 1 amide bonds. The molecule has 0 unspecified atom stereocenters. The van der Waals surface area contributed by atoms with Gasteiger partial charge in [-0.1, -0.05) is 24.3 Å². The summed E-state index contributed by atoms with van der Waals surface area (Å²) in [5.41, 5.74) is 2.61. The molecular formula is C23H21N3O3S. The Morgan fingerprint density at radius 2 is 1.87 bits per heavy atom. The zero-order valence-corrected chi connectivity index (χ0v) is 17.3. The smallest absolute Gasteiger partial charge is 0.230 e. The normalized spacial score (nSPS) is 10.1. The first-order valence-corrected chi connectivity index (χ1v) is 10.4. The lowest BCUT2D eigenvalue weighted by atomic mass is 10.2. The van der Waals surface area contributed by atoms with Gasteiger partial charge in [0.25, 0.3) is 0 Å². The van der Waals surface area contributed by atoms with Crippen LogP contribution in [0.3, 0.4) is 0 Å². The number of carbonyl (C=O) groups is 1. The largest absolute Gasteiger partial charge is 0.497 e. The molecule has 3 aromatic rings. The third-order valence-electron chi connectivity index (χ3n) is 4.14. The van der Waals surface area contributed by atoms with Gasteiger partial charge in [-0.05, 0) is 35.4 Å². The number of nitriles is 1. The molecule has 0 aliphatic carbocycles. The van der Waals surface area contributed by atoms with Crippen molar-refractivity contribution in [3.8, 4) is 23.4 Å². The molecule has 3 rings (SSSR count). The van der Waals surface area contributed by atoms with Crippen molar-refractivity contribution >= 4 is 17.7 Å². The van der Waals surface area contributed by atoms with E-state index in [2.05, 4.69) is 16.4 Å². The minimum Gasteiger partial charge on any atom is -0.497 e. The predicted molar refractivity (Wildman–Crippen MR) is 116 cm³/mol. The van der Waals surface area contributed by atoms with Crippen LogP contribution in [0.1, 0.15) is 16.7 Å². The van der Waals surface area contributed by atoms with Crippen molar-refractivity contribution in [2.45, 2.75) is 12.3 Å². The number of hydrogen-bond donors (Lipinski definition) is 1. The van der Waals surface area contributed by atoms with E-state index < -0.39 is 0 Å². The van der Waals surface area contributed by atoms with Gasteiger partial charge in [0, 0.05) is 30.6 Å². The van der Waals surface area contributed by atoms with Gasteiger partial charge in [0.05, 0.1) is 24.5 Å². The van der Waals surface area contributed by atoms with Gasteiger partial charge in [-0.15, -0.1) is 11.8 Å². The summed E-state index contributed by atoms with van der Waals surface area (Å²) in [7, 11) is 1.60. The number of methoxy groups -OCH3 is 1. The lowest BCUT2D eigenvalue weighted by Crippen LogP contribution is -2.24. The van der Waals surface area contributed by atoms with Crippen LogP contribution in [0.5, 0.6) is 17.4 Å². The maximum Gasteiger partial charge on any atom is 0.230 e. The second-order valence-corrected chi connectivity index (χ2v) is 7.35. The van der Waals surface area contributed by atoms with Gasteiger partial charge in [0.15, 0.2) is 0 Å². The number of nitrogens with zero attached hydrogens (tertiary/aromatic N) is 2. The molecule has 0 atom stereocenters. The predicted octanol–water partition coefficient (Wildman–Crippen LogP) is 4.30. The number of amides is 1. The Labute approximate surface area is 179 Å². The molecule has 0 saturated heterocycles. The Bertz CT molecular complexity index is 1020. The number of carbonyl (C=O) groups excluding carboxylic acids is 1. The molecule has 0 bridgehead atoms. The number of nitrogens with one attached hydrogen (secondary N) is 1. The molecule has 152 valence electrons. The van der Waals surface area contributed by atoms with E-state index in [0.717, 1.165) is 16.9 Å². The average molecular weight is 420 g/mol. The summed E-state index contributed by atoms with van der Waals surface area (Å²) in [5.74, 6) is 2.87. The van der Waals surface area contributed by atoms with E-state index in [1.165, 1.54) is 11.8 Å². The lowest BCUT2D eigenvalue weighted by Gasteiger charge is -2.08. The Hall–Kier alpha value is -3.50. The van der Waals surface area contributed by atoms with Crippen LogP contribution in [0.4, 0.5) is 0 Å². The summed E-state index contributed by atoms with van der Waals surface area (Å²) in [4.78, 5) is 16.3. The van der Waals surface area contributed by atoms with E-state index in [9.17, 15) is 4.79 Å². The number of aromatic nitrogens is 1. The fourth-order valence-electron chi connectivity index (χ4n) is 2.55. The summed E-state index contributed by atoms with van der Waals surface area (Å²) in [6.45, 7) is 0.405. The van der Waals surface area contributed by atoms with Gasteiger partial charge in [0.2, 0.25) is 11.8 Å². The first-order chi connectivity index (χ1) is 14.7. The van der Waals surface area contributed by atoms with Crippen LogP contribution >= 0.6 is 11.8 Å². The van der Waals surface area contributed by atoms with Gasteiger partial charge in [-0.3, -0.25) is 4.79 Å². The molecule has 1 aromatic heterocycles. The number of hydrogen-bond acceptors (Lipinski definition) is 6. The fraction of sp³-hybridized carbons (Fsp3) is 0.174.